The summed E-state index contributed by atoms with van der Waals surface area (Å²) >= 11 is 1.77. The molecule has 0 aliphatic carbocycles. The first-order chi connectivity index (χ1) is 9.25. The average molecular weight is 273 g/mol. The number of ether oxygens (including phenoxy) is 1. The van der Waals surface area contributed by atoms with Gasteiger partial charge in [-0.05, 0) is 30.0 Å². The number of nitrogens with one attached hydrogen (secondary N) is 1. The molecule has 0 spiro atoms. The Balaban J connectivity index is 1.89. The van der Waals surface area contributed by atoms with E-state index in [0.717, 1.165) is 24.4 Å². The fourth-order valence-corrected chi connectivity index (χ4v) is 2.40. The highest BCUT2D eigenvalue weighted by Gasteiger charge is 2.03. The van der Waals surface area contributed by atoms with E-state index < -0.39 is 0 Å². The molecule has 0 unspecified atom stereocenters. The van der Waals surface area contributed by atoms with Gasteiger partial charge in [0, 0.05) is 23.5 Å². The van der Waals surface area contributed by atoms with Gasteiger partial charge in [-0.15, -0.1) is 11.3 Å². The Morgan fingerprint density at radius 3 is 2.79 bits per heavy atom. The van der Waals surface area contributed by atoms with Gasteiger partial charge in [-0.1, -0.05) is 30.8 Å². The van der Waals surface area contributed by atoms with Gasteiger partial charge in [-0.25, -0.2) is 0 Å². The zero-order chi connectivity index (χ0) is 13.5. The van der Waals surface area contributed by atoms with Gasteiger partial charge in [-0.3, -0.25) is 0 Å². The van der Waals surface area contributed by atoms with Crippen molar-refractivity contribution in [2.24, 2.45) is 0 Å². The molecule has 0 amide bonds. The molecule has 1 aromatic carbocycles. The number of hydrogen-bond donors (Lipinski definition) is 1. The Morgan fingerprint density at radius 1 is 1.21 bits per heavy atom. The minimum atomic E-state index is 0.571. The van der Waals surface area contributed by atoms with Gasteiger partial charge in [0.05, 0.1) is 0 Å². The lowest BCUT2D eigenvalue weighted by atomic mass is 10.2. The van der Waals surface area contributed by atoms with E-state index in [2.05, 4.69) is 35.5 Å². The molecular weight excluding hydrogens is 254 g/mol. The molecule has 3 heteroatoms. The van der Waals surface area contributed by atoms with Crippen molar-refractivity contribution in [1.82, 2.24) is 5.32 Å². The highest BCUT2D eigenvalue weighted by atomic mass is 32.1. The summed E-state index contributed by atoms with van der Waals surface area (Å²) in [5, 5.41) is 5.54. The monoisotopic (exact) mass is 273 g/mol. The van der Waals surface area contributed by atoms with E-state index in [-0.39, 0.29) is 0 Å². The van der Waals surface area contributed by atoms with Gasteiger partial charge in [0.1, 0.15) is 12.4 Å². The second kappa shape index (κ2) is 7.12. The van der Waals surface area contributed by atoms with E-state index in [1.165, 1.54) is 10.4 Å². The minimum absolute atomic E-state index is 0.571. The molecular formula is C16H19NOS. The number of thiophene rings is 1. The molecule has 2 aromatic rings. The van der Waals surface area contributed by atoms with Crippen molar-refractivity contribution in [3.63, 3.8) is 0 Å². The van der Waals surface area contributed by atoms with Crippen molar-refractivity contribution in [3.05, 3.63) is 64.4 Å². The van der Waals surface area contributed by atoms with Crippen molar-refractivity contribution in [3.8, 4) is 5.75 Å². The summed E-state index contributed by atoms with van der Waals surface area (Å²) < 4.78 is 5.75. The Bertz CT molecular complexity index is 519. The van der Waals surface area contributed by atoms with Crippen LogP contribution in [0, 0.1) is 0 Å². The van der Waals surface area contributed by atoms with E-state index in [1.807, 2.05) is 25.1 Å². The third-order valence-corrected chi connectivity index (χ3v) is 3.52. The molecule has 19 heavy (non-hydrogen) atoms. The lowest BCUT2D eigenvalue weighted by Gasteiger charge is -2.11. The Kier molecular flexibility index (Phi) is 5.19. The lowest BCUT2D eigenvalue weighted by Crippen LogP contribution is -2.13. The van der Waals surface area contributed by atoms with Gasteiger partial charge < -0.3 is 10.1 Å². The minimum Gasteiger partial charge on any atom is -0.489 e. The van der Waals surface area contributed by atoms with E-state index in [1.54, 1.807) is 11.3 Å². The van der Waals surface area contributed by atoms with Crippen molar-refractivity contribution >= 4 is 11.3 Å². The standard InChI is InChI=1S/C16H19NOS/c1-13(2)12-18-16-8-4-3-6-14(16)10-17-11-15-7-5-9-19-15/h3-9,17H,1,10-12H2,2H3. The molecule has 1 N–H and O–H groups in total. The van der Waals surface area contributed by atoms with Crippen LogP contribution in [-0.4, -0.2) is 6.61 Å². The molecule has 0 saturated carbocycles. The van der Waals surface area contributed by atoms with Gasteiger partial charge in [0.15, 0.2) is 0 Å². The topological polar surface area (TPSA) is 21.3 Å². The van der Waals surface area contributed by atoms with Crippen LogP contribution in [0.3, 0.4) is 0 Å². The van der Waals surface area contributed by atoms with Gasteiger partial charge >= 0.3 is 0 Å². The first-order valence-electron chi connectivity index (χ1n) is 6.34. The summed E-state index contributed by atoms with van der Waals surface area (Å²) in [4.78, 5) is 1.35. The first-order valence-corrected chi connectivity index (χ1v) is 7.22. The second-order valence-corrected chi connectivity index (χ2v) is 5.57. The van der Waals surface area contributed by atoms with Gasteiger partial charge in [-0.2, -0.15) is 0 Å². The highest BCUT2D eigenvalue weighted by Crippen LogP contribution is 2.18. The Hall–Kier alpha value is -1.58. The molecule has 0 atom stereocenters. The maximum absolute atomic E-state index is 5.75. The summed E-state index contributed by atoms with van der Waals surface area (Å²) in [5.74, 6) is 0.934. The van der Waals surface area contributed by atoms with Crippen LogP contribution in [0.15, 0.2) is 53.9 Å². The van der Waals surface area contributed by atoms with Crippen LogP contribution in [0.2, 0.25) is 0 Å². The molecule has 0 aliphatic rings. The number of benzene rings is 1. The predicted molar refractivity (Wildman–Crippen MR) is 81.6 cm³/mol. The Morgan fingerprint density at radius 2 is 2.05 bits per heavy atom. The van der Waals surface area contributed by atoms with Crippen molar-refractivity contribution in [2.75, 3.05) is 6.61 Å². The van der Waals surface area contributed by atoms with E-state index in [9.17, 15) is 0 Å². The van der Waals surface area contributed by atoms with Crippen LogP contribution in [0.25, 0.3) is 0 Å². The number of rotatable bonds is 7. The fourth-order valence-electron chi connectivity index (χ4n) is 1.73. The summed E-state index contributed by atoms with van der Waals surface area (Å²) in [6.07, 6.45) is 0. The summed E-state index contributed by atoms with van der Waals surface area (Å²) in [5.41, 5.74) is 2.21. The van der Waals surface area contributed by atoms with Crippen LogP contribution < -0.4 is 10.1 Å². The highest BCUT2D eigenvalue weighted by molar-refractivity contribution is 7.09. The van der Waals surface area contributed by atoms with Gasteiger partial charge in [0.2, 0.25) is 0 Å². The summed E-state index contributed by atoms with van der Waals surface area (Å²) in [6.45, 7) is 8.10. The Labute approximate surface area is 118 Å². The summed E-state index contributed by atoms with van der Waals surface area (Å²) in [6, 6.07) is 12.3. The second-order valence-electron chi connectivity index (χ2n) is 4.54. The van der Waals surface area contributed by atoms with Crippen molar-refractivity contribution < 1.29 is 4.74 Å². The van der Waals surface area contributed by atoms with E-state index >= 15 is 0 Å². The third-order valence-electron chi connectivity index (χ3n) is 2.64. The van der Waals surface area contributed by atoms with Crippen LogP contribution in [0.5, 0.6) is 5.75 Å². The average Bonchev–Trinajstić information content (AvgIpc) is 2.91. The maximum atomic E-state index is 5.75. The van der Waals surface area contributed by atoms with Crippen molar-refractivity contribution in [1.29, 1.82) is 0 Å². The molecule has 0 bridgehead atoms. The molecule has 1 aromatic heterocycles. The molecule has 2 rings (SSSR count). The van der Waals surface area contributed by atoms with E-state index in [0.29, 0.717) is 6.61 Å². The number of para-hydroxylation sites is 1. The smallest absolute Gasteiger partial charge is 0.124 e. The SMILES string of the molecule is C=C(C)COc1ccccc1CNCc1cccs1. The van der Waals surface area contributed by atoms with Crippen LogP contribution >= 0.6 is 11.3 Å². The molecule has 1 heterocycles. The van der Waals surface area contributed by atoms with Gasteiger partial charge in [0.25, 0.3) is 0 Å². The third kappa shape index (κ3) is 4.54. The van der Waals surface area contributed by atoms with Crippen LogP contribution in [0.1, 0.15) is 17.4 Å². The molecule has 2 nitrogen and oxygen atoms in total. The number of hydrogen-bond acceptors (Lipinski definition) is 3. The zero-order valence-corrected chi connectivity index (χ0v) is 12.0. The van der Waals surface area contributed by atoms with Crippen molar-refractivity contribution in [2.45, 2.75) is 20.0 Å². The normalized spacial score (nSPS) is 10.4. The lowest BCUT2D eigenvalue weighted by molar-refractivity contribution is 0.347. The maximum Gasteiger partial charge on any atom is 0.124 e. The largest absolute Gasteiger partial charge is 0.489 e. The molecule has 0 aliphatic heterocycles. The zero-order valence-electron chi connectivity index (χ0n) is 11.2. The molecule has 0 saturated heterocycles. The first kappa shape index (κ1) is 13.8. The molecule has 100 valence electrons. The molecule has 0 fully saturated rings. The quantitative estimate of drug-likeness (QED) is 0.770. The summed E-state index contributed by atoms with van der Waals surface area (Å²) in [7, 11) is 0. The molecule has 0 radical (unpaired) electrons. The predicted octanol–water partition coefficient (Wildman–Crippen LogP) is 3.99. The fraction of sp³-hybridized carbons (Fsp3) is 0.250. The van der Waals surface area contributed by atoms with Crippen LogP contribution in [-0.2, 0) is 13.1 Å². The van der Waals surface area contributed by atoms with Crippen LogP contribution in [0.4, 0.5) is 0 Å². The van der Waals surface area contributed by atoms with E-state index in [4.69, 9.17) is 4.74 Å².